The molecule has 0 rings (SSSR count). The quantitative estimate of drug-likeness (QED) is 0.253. The van der Waals surface area contributed by atoms with E-state index in [0.717, 1.165) is 19.3 Å². The molecule has 0 aromatic rings. The van der Waals surface area contributed by atoms with E-state index < -0.39 is 36.2 Å². The van der Waals surface area contributed by atoms with Crippen LogP contribution < -0.4 is 0 Å². The molecule has 0 heterocycles. The van der Waals surface area contributed by atoms with Crippen LogP contribution in [0.25, 0.3) is 0 Å². The average molecular weight is 387 g/mol. The number of ether oxygens (including phenoxy) is 1. The summed E-state index contributed by atoms with van der Waals surface area (Å²) >= 11 is 0. The first-order valence-electron chi connectivity index (χ1n) is 10.5. The van der Waals surface area contributed by atoms with Crippen molar-refractivity contribution in [3.8, 4) is 0 Å². The first kappa shape index (κ1) is 25.4. The fourth-order valence-corrected chi connectivity index (χ4v) is 3.43. The fourth-order valence-electron chi connectivity index (χ4n) is 3.43. The molecule has 0 spiro atoms. The number of hydrogen-bond acceptors (Lipinski definition) is 4. The monoisotopic (exact) mass is 386 g/mol. The molecule has 27 heavy (non-hydrogen) atoms. The van der Waals surface area contributed by atoms with Gasteiger partial charge in [-0.25, -0.2) is 0 Å². The summed E-state index contributed by atoms with van der Waals surface area (Å²) < 4.78 is 4.69. The molecule has 2 unspecified atom stereocenters. The first-order valence-corrected chi connectivity index (χ1v) is 10.5. The van der Waals surface area contributed by atoms with Crippen molar-refractivity contribution in [2.24, 2.45) is 11.8 Å². The Bertz CT molecular complexity index is 421. The molecule has 0 aliphatic heterocycles. The average Bonchev–Trinajstić information content (AvgIpc) is 2.63. The van der Waals surface area contributed by atoms with Crippen LogP contribution in [-0.2, 0) is 19.1 Å². The first-order chi connectivity index (χ1) is 12.9. The highest BCUT2D eigenvalue weighted by Crippen LogP contribution is 2.25. The van der Waals surface area contributed by atoms with Gasteiger partial charge >= 0.3 is 17.9 Å². The minimum Gasteiger partial charge on any atom is -0.481 e. The Morgan fingerprint density at radius 3 is 1.56 bits per heavy atom. The summed E-state index contributed by atoms with van der Waals surface area (Å²) in [6.07, 6.45) is 14.0. The summed E-state index contributed by atoms with van der Waals surface area (Å²) in [7, 11) is 1.21. The van der Waals surface area contributed by atoms with Crippen molar-refractivity contribution >= 4 is 17.9 Å². The highest BCUT2D eigenvalue weighted by Gasteiger charge is 2.35. The van der Waals surface area contributed by atoms with E-state index in [1.807, 2.05) is 0 Å². The second-order valence-electron chi connectivity index (χ2n) is 7.35. The van der Waals surface area contributed by atoms with Crippen LogP contribution in [0.5, 0.6) is 0 Å². The number of carbonyl (C=O) groups excluding carboxylic acids is 1. The molecule has 0 bridgehead atoms. The lowest BCUT2D eigenvalue weighted by atomic mass is 9.85. The summed E-state index contributed by atoms with van der Waals surface area (Å²) in [6.45, 7) is 2.22. The Morgan fingerprint density at radius 2 is 1.19 bits per heavy atom. The standard InChI is InChI=1S/C21H38O6/c1-3-4-5-6-7-8-9-10-11-12-13-14-15-17(21(26)27-2)18(20(24)25)16-19(22)23/h17-18H,3-16H2,1-2H3,(H,22,23)(H,24,25). The molecule has 158 valence electrons. The second-order valence-corrected chi connectivity index (χ2v) is 7.35. The second kappa shape index (κ2) is 16.6. The van der Waals surface area contributed by atoms with Crippen LogP contribution in [0.15, 0.2) is 0 Å². The van der Waals surface area contributed by atoms with Gasteiger partial charge in [-0.3, -0.25) is 14.4 Å². The van der Waals surface area contributed by atoms with Gasteiger partial charge in [0.1, 0.15) is 0 Å². The number of carbonyl (C=O) groups is 3. The van der Waals surface area contributed by atoms with Gasteiger partial charge in [-0.15, -0.1) is 0 Å². The van der Waals surface area contributed by atoms with Crippen molar-refractivity contribution in [3.63, 3.8) is 0 Å². The number of carboxylic acid groups (broad SMARTS) is 2. The molecule has 6 nitrogen and oxygen atoms in total. The number of hydrogen-bond donors (Lipinski definition) is 2. The zero-order valence-electron chi connectivity index (χ0n) is 17.1. The lowest BCUT2D eigenvalue weighted by molar-refractivity contribution is -0.159. The SMILES string of the molecule is CCCCCCCCCCCCCCC(C(=O)OC)C(CC(=O)O)C(=O)O. The molecule has 2 N–H and O–H groups in total. The van der Waals surface area contributed by atoms with E-state index in [9.17, 15) is 19.5 Å². The number of rotatable bonds is 18. The van der Waals surface area contributed by atoms with E-state index in [-0.39, 0.29) is 0 Å². The highest BCUT2D eigenvalue weighted by molar-refractivity contribution is 5.84. The van der Waals surface area contributed by atoms with Gasteiger partial charge < -0.3 is 14.9 Å². The third-order valence-corrected chi connectivity index (χ3v) is 5.07. The van der Waals surface area contributed by atoms with Crippen LogP contribution in [0.1, 0.15) is 96.8 Å². The van der Waals surface area contributed by atoms with E-state index in [1.54, 1.807) is 0 Å². The van der Waals surface area contributed by atoms with E-state index in [1.165, 1.54) is 58.5 Å². The summed E-state index contributed by atoms with van der Waals surface area (Å²) in [4.78, 5) is 34.1. The molecule has 0 aromatic carbocycles. The number of carboxylic acids is 2. The molecule has 0 aliphatic carbocycles. The van der Waals surface area contributed by atoms with Crippen molar-refractivity contribution in [3.05, 3.63) is 0 Å². The van der Waals surface area contributed by atoms with Gasteiger partial charge in [0.05, 0.1) is 25.4 Å². The maximum absolute atomic E-state index is 11.9. The molecular weight excluding hydrogens is 348 g/mol. The van der Waals surface area contributed by atoms with Crippen molar-refractivity contribution in [2.75, 3.05) is 7.11 Å². The van der Waals surface area contributed by atoms with Gasteiger partial charge in [-0.05, 0) is 6.42 Å². The van der Waals surface area contributed by atoms with E-state index >= 15 is 0 Å². The Labute approximate surface area is 163 Å². The van der Waals surface area contributed by atoms with Gasteiger partial charge in [0, 0.05) is 0 Å². The number of aliphatic carboxylic acids is 2. The van der Waals surface area contributed by atoms with Crippen molar-refractivity contribution < 1.29 is 29.3 Å². The Hall–Kier alpha value is -1.59. The Balaban J connectivity index is 3.99. The van der Waals surface area contributed by atoms with Gasteiger partial charge in [0.2, 0.25) is 0 Å². The largest absolute Gasteiger partial charge is 0.481 e. The van der Waals surface area contributed by atoms with Gasteiger partial charge in [0.15, 0.2) is 0 Å². The number of unbranched alkanes of at least 4 members (excludes halogenated alkanes) is 11. The lowest BCUT2D eigenvalue weighted by Crippen LogP contribution is -2.32. The molecule has 0 saturated heterocycles. The summed E-state index contributed by atoms with van der Waals surface area (Å²) in [5, 5.41) is 18.2. The maximum atomic E-state index is 11.9. The van der Waals surface area contributed by atoms with E-state index in [4.69, 9.17) is 5.11 Å². The third kappa shape index (κ3) is 13.3. The van der Waals surface area contributed by atoms with Crippen molar-refractivity contribution in [1.82, 2.24) is 0 Å². The molecule has 0 fully saturated rings. The highest BCUT2D eigenvalue weighted by atomic mass is 16.5. The van der Waals surface area contributed by atoms with E-state index in [0.29, 0.717) is 12.8 Å². The molecule has 0 radical (unpaired) electrons. The van der Waals surface area contributed by atoms with Gasteiger partial charge in [0.25, 0.3) is 0 Å². The topological polar surface area (TPSA) is 101 Å². The van der Waals surface area contributed by atoms with Crippen LogP contribution in [0.2, 0.25) is 0 Å². The lowest BCUT2D eigenvalue weighted by Gasteiger charge is -2.20. The van der Waals surface area contributed by atoms with Gasteiger partial charge in [-0.2, -0.15) is 0 Å². The molecule has 6 heteroatoms. The van der Waals surface area contributed by atoms with Crippen LogP contribution in [0, 0.1) is 11.8 Å². The predicted octanol–water partition coefficient (Wildman–Crippen LogP) is 5.04. The molecular formula is C21H38O6. The Morgan fingerprint density at radius 1 is 0.741 bits per heavy atom. The fraction of sp³-hybridized carbons (Fsp3) is 0.857. The minimum absolute atomic E-state index is 0.356. The zero-order valence-corrected chi connectivity index (χ0v) is 17.1. The van der Waals surface area contributed by atoms with E-state index in [2.05, 4.69) is 11.7 Å². The zero-order chi connectivity index (χ0) is 20.5. The van der Waals surface area contributed by atoms with Crippen molar-refractivity contribution in [2.45, 2.75) is 96.8 Å². The maximum Gasteiger partial charge on any atom is 0.309 e. The molecule has 0 saturated carbocycles. The number of esters is 1. The Kier molecular flexibility index (Phi) is 15.6. The van der Waals surface area contributed by atoms with Crippen LogP contribution >= 0.6 is 0 Å². The summed E-state index contributed by atoms with van der Waals surface area (Å²) in [5.74, 6) is -5.24. The predicted molar refractivity (Wildman–Crippen MR) is 105 cm³/mol. The summed E-state index contributed by atoms with van der Waals surface area (Å²) in [5.41, 5.74) is 0. The molecule has 0 aliphatic rings. The molecule has 0 aromatic heterocycles. The third-order valence-electron chi connectivity index (χ3n) is 5.07. The van der Waals surface area contributed by atoms with Crippen LogP contribution in [0.3, 0.4) is 0 Å². The number of methoxy groups -OCH3 is 1. The normalized spacial score (nSPS) is 13.1. The molecule has 2 atom stereocenters. The molecule has 0 amide bonds. The van der Waals surface area contributed by atoms with Crippen LogP contribution in [0.4, 0.5) is 0 Å². The van der Waals surface area contributed by atoms with Gasteiger partial charge in [-0.1, -0.05) is 84.0 Å². The van der Waals surface area contributed by atoms with Crippen LogP contribution in [-0.4, -0.2) is 35.2 Å². The van der Waals surface area contributed by atoms with Crippen molar-refractivity contribution in [1.29, 1.82) is 0 Å². The summed E-state index contributed by atoms with van der Waals surface area (Å²) in [6, 6.07) is 0. The minimum atomic E-state index is -1.26. The smallest absolute Gasteiger partial charge is 0.309 e.